The van der Waals surface area contributed by atoms with Gasteiger partial charge in [0.05, 0.1) is 0 Å². The standard InChI is InChI=1S/C11H10N6O2S/c1-20(18,19)9-3-2-7(4-13-9)8-5-14-11(12)17-6-15-16-10(8)17/h2-6H,1H3,(H2,12,14). The number of hydrogen-bond donors (Lipinski definition) is 1. The van der Waals surface area contributed by atoms with Crippen LogP contribution in [-0.2, 0) is 9.84 Å². The van der Waals surface area contributed by atoms with E-state index in [9.17, 15) is 8.42 Å². The summed E-state index contributed by atoms with van der Waals surface area (Å²) in [5.74, 6) is 0.273. The van der Waals surface area contributed by atoms with Crippen molar-refractivity contribution in [3.05, 3.63) is 30.9 Å². The van der Waals surface area contributed by atoms with Crippen LogP contribution in [0.2, 0.25) is 0 Å². The zero-order chi connectivity index (χ0) is 14.3. The van der Waals surface area contributed by atoms with Gasteiger partial charge in [-0.25, -0.2) is 18.4 Å². The Morgan fingerprint density at radius 2 is 2.00 bits per heavy atom. The van der Waals surface area contributed by atoms with E-state index in [1.807, 2.05) is 0 Å². The minimum atomic E-state index is -3.32. The molecular weight excluding hydrogens is 280 g/mol. The lowest BCUT2D eigenvalue weighted by Gasteiger charge is -2.05. The molecule has 3 aromatic rings. The first-order valence-electron chi connectivity index (χ1n) is 5.57. The maximum Gasteiger partial charge on any atom is 0.207 e. The predicted octanol–water partition coefficient (Wildman–Crippen LogP) is 0.172. The fourth-order valence-corrected chi connectivity index (χ4v) is 2.36. The minimum Gasteiger partial charge on any atom is -0.369 e. The smallest absolute Gasteiger partial charge is 0.207 e. The van der Waals surface area contributed by atoms with E-state index in [-0.39, 0.29) is 11.0 Å². The van der Waals surface area contributed by atoms with Crippen molar-refractivity contribution in [3.63, 3.8) is 0 Å². The van der Waals surface area contributed by atoms with Crippen molar-refractivity contribution in [2.24, 2.45) is 0 Å². The lowest BCUT2D eigenvalue weighted by Crippen LogP contribution is -2.02. The lowest BCUT2D eigenvalue weighted by atomic mass is 10.1. The van der Waals surface area contributed by atoms with Gasteiger partial charge in [0.2, 0.25) is 5.95 Å². The largest absolute Gasteiger partial charge is 0.369 e. The summed E-state index contributed by atoms with van der Waals surface area (Å²) >= 11 is 0. The van der Waals surface area contributed by atoms with E-state index >= 15 is 0 Å². The van der Waals surface area contributed by atoms with E-state index in [1.54, 1.807) is 16.7 Å². The zero-order valence-electron chi connectivity index (χ0n) is 10.4. The first-order valence-corrected chi connectivity index (χ1v) is 7.46. The second-order valence-electron chi connectivity index (χ2n) is 4.21. The van der Waals surface area contributed by atoms with E-state index in [2.05, 4.69) is 20.2 Å². The van der Waals surface area contributed by atoms with Gasteiger partial charge in [0.25, 0.3) is 0 Å². The Balaban J connectivity index is 2.17. The highest BCUT2D eigenvalue weighted by molar-refractivity contribution is 7.90. The van der Waals surface area contributed by atoms with Crippen molar-refractivity contribution >= 4 is 21.4 Å². The Morgan fingerprint density at radius 1 is 1.20 bits per heavy atom. The number of fused-ring (bicyclic) bond motifs is 1. The van der Waals surface area contributed by atoms with E-state index in [0.717, 1.165) is 6.26 Å². The number of nitrogen functional groups attached to an aromatic ring is 1. The van der Waals surface area contributed by atoms with E-state index < -0.39 is 9.84 Å². The Hall–Kier alpha value is -2.55. The van der Waals surface area contributed by atoms with Crippen LogP contribution in [0.3, 0.4) is 0 Å². The number of sulfone groups is 1. The topological polar surface area (TPSA) is 116 Å². The summed E-state index contributed by atoms with van der Waals surface area (Å²) in [4.78, 5) is 7.98. The SMILES string of the molecule is CS(=O)(=O)c1ccc(-c2cnc(N)n3cnnc23)cn1. The van der Waals surface area contributed by atoms with Gasteiger partial charge in [-0.15, -0.1) is 10.2 Å². The highest BCUT2D eigenvalue weighted by Crippen LogP contribution is 2.23. The summed E-state index contributed by atoms with van der Waals surface area (Å²) < 4.78 is 24.3. The van der Waals surface area contributed by atoms with Crippen molar-refractivity contribution in [1.82, 2.24) is 24.6 Å². The lowest BCUT2D eigenvalue weighted by molar-refractivity contribution is 0.598. The maximum absolute atomic E-state index is 11.4. The van der Waals surface area contributed by atoms with Gasteiger partial charge < -0.3 is 5.73 Å². The molecule has 0 bridgehead atoms. The van der Waals surface area contributed by atoms with E-state index in [0.29, 0.717) is 16.8 Å². The summed E-state index contributed by atoms with van der Waals surface area (Å²) in [5.41, 5.74) is 7.59. The number of anilines is 1. The van der Waals surface area contributed by atoms with Gasteiger partial charge in [-0.05, 0) is 12.1 Å². The first-order chi connectivity index (χ1) is 9.47. The van der Waals surface area contributed by atoms with Crippen LogP contribution in [0.15, 0.2) is 35.9 Å². The van der Waals surface area contributed by atoms with Gasteiger partial charge in [0.1, 0.15) is 6.33 Å². The Kier molecular flexibility index (Phi) is 2.64. The number of hydrogen-bond acceptors (Lipinski definition) is 7. The van der Waals surface area contributed by atoms with Crippen molar-refractivity contribution < 1.29 is 8.42 Å². The highest BCUT2D eigenvalue weighted by atomic mass is 32.2. The molecule has 3 aromatic heterocycles. The Bertz CT molecular complexity index is 885. The summed E-state index contributed by atoms with van der Waals surface area (Å²) in [6.07, 6.45) is 5.57. The number of rotatable bonds is 2. The highest BCUT2D eigenvalue weighted by Gasteiger charge is 2.12. The van der Waals surface area contributed by atoms with Gasteiger partial charge >= 0.3 is 0 Å². The molecule has 0 unspecified atom stereocenters. The van der Waals surface area contributed by atoms with E-state index in [1.165, 1.54) is 18.6 Å². The van der Waals surface area contributed by atoms with Crippen LogP contribution in [0.5, 0.6) is 0 Å². The normalized spacial score (nSPS) is 11.8. The van der Waals surface area contributed by atoms with Crippen LogP contribution in [-0.4, -0.2) is 39.2 Å². The molecule has 20 heavy (non-hydrogen) atoms. The van der Waals surface area contributed by atoms with Crippen molar-refractivity contribution in [2.75, 3.05) is 12.0 Å². The predicted molar refractivity (Wildman–Crippen MR) is 71.5 cm³/mol. The molecule has 0 aliphatic carbocycles. The van der Waals surface area contributed by atoms with Crippen LogP contribution < -0.4 is 5.73 Å². The molecule has 102 valence electrons. The molecule has 0 amide bonds. The van der Waals surface area contributed by atoms with Crippen molar-refractivity contribution in [3.8, 4) is 11.1 Å². The summed E-state index contributed by atoms with van der Waals surface area (Å²) in [6, 6.07) is 3.08. The fourth-order valence-electron chi connectivity index (χ4n) is 1.80. The maximum atomic E-state index is 11.4. The van der Waals surface area contributed by atoms with Crippen LogP contribution in [0, 0.1) is 0 Å². The Morgan fingerprint density at radius 3 is 2.65 bits per heavy atom. The minimum absolute atomic E-state index is 0.0159. The molecule has 8 nitrogen and oxygen atoms in total. The summed E-state index contributed by atoms with van der Waals surface area (Å²) in [5, 5.41) is 7.77. The van der Waals surface area contributed by atoms with Crippen LogP contribution in [0.25, 0.3) is 16.8 Å². The number of nitrogens with two attached hydrogens (primary N) is 1. The quantitative estimate of drug-likeness (QED) is 0.715. The molecule has 0 saturated carbocycles. The second kappa shape index (κ2) is 4.23. The number of nitrogens with zero attached hydrogens (tertiary/aromatic N) is 5. The average molecular weight is 290 g/mol. The number of pyridine rings is 1. The van der Waals surface area contributed by atoms with Crippen LogP contribution in [0.1, 0.15) is 0 Å². The molecular formula is C11H10N6O2S. The molecule has 0 radical (unpaired) electrons. The third-order valence-corrected chi connectivity index (χ3v) is 3.79. The first kappa shape index (κ1) is 12.5. The molecule has 3 rings (SSSR count). The van der Waals surface area contributed by atoms with Crippen molar-refractivity contribution in [2.45, 2.75) is 5.03 Å². The van der Waals surface area contributed by atoms with Gasteiger partial charge in [-0.3, -0.25) is 4.40 Å². The molecule has 0 aliphatic rings. The monoisotopic (exact) mass is 290 g/mol. The average Bonchev–Trinajstić information content (AvgIpc) is 2.88. The molecule has 3 heterocycles. The number of aromatic nitrogens is 5. The molecule has 0 atom stereocenters. The van der Waals surface area contributed by atoms with Gasteiger partial charge in [-0.2, -0.15) is 0 Å². The second-order valence-corrected chi connectivity index (χ2v) is 6.17. The van der Waals surface area contributed by atoms with E-state index in [4.69, 9.17) is 5.73 Å². The molecule has 9 heteroatoms. The fraction of sp³-hybridized carbons (Fsp3) is 0.0909. The molecule has 0 saturated heterocycles. The molecule has 0 fully saturated rings. The molecule has 2 N–H and O–H groups in total. The van der Waals surface area contributed by atoms with Gasteiger partial charge in [-0.1, -0.05) is 0 Å². The third-order valence-electron chi connectivity index (χ3n) is 2.79. The van der Waals surface area contributed by atoms with Gasteiger partial charge in [0, 0.05) is 29.8 Å². The summed E-state index contributed by atoms with van der Waals surface area (Å²) in [7, 11) is -3.32. The van der Waals surface area contributed by atoms with Gasteiger partial charge in [0.15, 0.2) is 20.5 Å². The third kappa shape index (κ3) is 1.97. The van der Waals surface area contributed by atoms with Crippen LogP contribution in [0.4, 0.5) is 5.95 Å². The Labute approximate surface area is 114 Å². The molecule has 0 spiro atoms. The molecule has 0 aromatic carbocycles. The molecule has 0 aliphatic heterocycles. The summed E-state index contributed by atoms with van der Waals surface area (Å²) in [6.45, 7) is 0. The van der Waals surface area contributed by atoms with Crippen molar-refractivity contribution in [1.29, 1.82) is 0 Å². The van der Waals surface area contributed by atoms with Crippen LogP contribution >= 0.6 is 0 Å². The zero-order valence-corrected chi connectivity index (χ0v) is 11.2.